The molecular formula is C20H32FN3O2S. The Bertz CT molecular complexity index is 725. The summed E-state index contributed by atoms with van der Waals surface area (Å²) in [6.07, 6.45) is 6.02. The molecule has 1 saturated carbocycles. The van der Waals surface area contributed by atoms with Gasteiger partial charge in [0.05, 0.1) is 5.25 Å². The lowest BCUT2D eigenvalue weighted by molar-refractivity contribution is 0.323. The van der Waals surface area contributed by atoms with Crippen LogP contribution in [0.3, 0.4) is 0 Å². The van der Waals surface area contributed by atoms with Crippen LogP contribution >= 0.6 is 0 Å². The molecule has 1 aliphatic heterocycles. The van der Waals surface area contributed by atoms with Gasteiger partial charge in [-0.05, 0) is 76.5 Å². The first-order chi connectivity index (χ1) is 12.8. The molecule has 0 bridgehead atoms. The van der Waals surface area contributed by atoms with Crippen molar-refractivity contribution < 1.29 is 12.8 Å². The fourth-order valence-corrected chi connectivity index (χ4v) is 4.92. The predicted octanol–water partition coefficient (Wildman–Crippen LogP) is 3.72. The minimum absolute atomic E-state index is 0.0459. The van der Waals surface area contributed by atoms with Gasteiger partial charge in [0, 0.05) is 37.1 Å². The van der Waals surface area contributed by atoms with Crippen molar-refractivity contribution in [3.8, 4) is 0 Å². The number of anilines is 2. The number of sulfonamides is 1. The van der Waals surface area contributed by atoms with E-state index in [4.69, 9.17) is 0 Å². The van der Waals surface area contributed by atoms with Crippen molar-refractivity contribution in [2.45, 2.75) is 63.7 Å². The highest BCUT2D eigenvalue weighted by Gasteiger charge is 2.26. The molecule has 2 fully saturated rings. The van der Waals surface area contributed by atoms with Crippen molar-refractivity contribution in [1.29, 1.82) is 0 Å². The smallest absolute Gasteiger partial charge is 0.214 e. The van der Waals surface area contributed by atoms with Crippen LogP contribution in [-0.4, -0.2) is 39.3 Å². The summed E-state index contributed by atoms with van der Waals surface area (Å²) in [5.74, 6) is 0.289. The molecular weight excluding hydrogens is 365 g/mol. The SMILES string of the molecule is CC(C)S(=O)(=O)N[C@H]1CC[C@H](CNc2cc(F)cc(N3CCCC3)c2)CC1. The molecule has 0 unspecified atom stereocenters. The molecule has 1 aromatic rings. The highest BCUT2D eigenvalue weighted by molar-refractivity contribution is 7.90. The summed E-state index contributed by atoms with van der Waals surface area (Å²) < 4.78 is 40.8. The molecule has 2 N–H and O–H groups in total. The van der Waals surface area contributed by atoms with E-state index in [9.17, 15) is 12.8 Å². The molecule has 1 aromatic carbocycles. The van der Waals surface area contributed by atoms with E-state index in [2.05, 4.69) is 14.9 Å². The zero-order chi connectivity index (χ0) is 19.4. The number of hydrogen-bond acceptors (Lipinski definition) is 4. The number of hydrogen-bond donors (Lipinski definition) is 2. The quantitative estimate of drug-likeness (QED) is 0.736. The zero-order valence-electron chi connectivity index (χ0n) is 16.4. The van der Waals surface area contributed by atoms with Crippen LogP contribution in [0.4, 0.5) is 15.8 Å². The van der Waals surface area contributed by atoms with E-state index in [0.29, 0.717) is 5.92 Å². The minimum Gasteiger partial charge on any atom is -0.385 e. The summed E-state index contributed by atoms with van der Waals surface area (Å²) in [4.78, 5) is 2.24. The molecule has 0 atom stereocenters. The second kappa shape index (κ2) is 8.78. The molecule has 27 heavy (non-hydrogen) atoms. The number of nitrogens with zero attached hydrogens (tertiary/aromatic N) is 1. The third-order valence-corrected chi connectivity index (χ3v) is 7.65. The fraction of sp³-hybridized carbons (Fsp3) is 0.700. The van der Waals surface area contributed by atoms with Gasteiger partial charge in [-0.3, -0.25) is 0 Å². The first-order valence-electron chi connectivity index (χ1n) is 10.1. The lowest BCUT2D eigenvalue weighted by atomic mass is 9.86. The van der Waals surface area contributed by atoms with Crippen molar-refractivity contribution in [2.75, 3.05) is 29.9 Å². The lowest BCUT2D eigenvalue weighted by Crippen LogP contribution is -2.41. The second-order valence-electron chi connectivity index (χ2n) is 8.20. The summed E-state index contributed by atoms with van der Waals surface area (Å²) in [5.41, 5.74) is 1.79. The van der Waals surface area contributed by atoms with Gasteiger partial charge in [-0.1, -0.05) is 0 Å². The Kier molecular flexibility index (Phi) is 6.63. The van der Waals surface area contributed by atoms with Gasteiger partial charge < -0.3 is 10.2 Å². The maximum Gasteiger partial charge on any atom is 0.214 e. The first-order valence-corrected chi connectivity index (χ1v) is 11.7. The van der Waals surface area contributed by atoms with Crippen molar-refractivity contribution in [1.82, 2.24) is 4.72 Å². The topological polar surface area (TPSA) is 61.4 Å². The van der Waals surface area contributed by atoms with Crippen LogP contribution in [0.25, 0.3) is 0 Å². The lowest BCUT2D eigenvalue weighted by Gasteiger charge is -2.30. The highest BCUT2D eigenvalue weighted by atomic mass is 32.2. The van der Waals surface area contributed by atoms with Crippen LogP contribution in [0, 0.1) is 11.7 Å². The number of rotatable bonds is 7. The normalized spacial score (nSPS) is 23.8. The van der Waals surface area contributed by atoms with Gasteiger partial charge in [-0.25, -0.2) is 17.5 Å². The molecule has 5 nitrogen and oxygen atoms in total. The molecule has 1 aliphatic carbocycles. The summed E-state index contributed by atoms with van der Waals surface area (Å²) >= 11 is 0. The Morgan fingerprint density at radius 3 is 2.41 bits per heavy atom. The Morgan fingerprint density at radius 1 is 1.11 bits per heavy atom. The van der Waals surface area contributed by atoms with Gasteiger partial charge >= 0.3 is 0 Å². The second-order valence-corrected chi connectivity index (χ2v) is 10.5. The molecule has 0 radical (unpaired) electrons. The molecule has 3 rings (SSSR count). The third kappa shape index (κ3) is 5.57. The van der Waals surface area contributed by atoms with E-state index in [1.165, 1.54) is 12.8 Å². The number of nitrogens with one attached hydrogen (secondary N) is 2. The van der Waals surface area contributed by atoms with Crippen LogP contribution < -0.4 is 14.9 Å². The van der Waals surface area contributed by atoms with Crippen LogP contribution in [0.15, 0.2) is 18.2 Å². The van der Waals surface area contributed by atoms with Crippen LogP contribution in [0.5, 0.6) is 0 Å². The van der Waals surface area contributed by atoms with E-state index in [1.807, 2.05) is 6.07 Å². The summed E-state index contributed by atoms with van der Waals surface area (Å²) in [6, 6.07) is 5.26. The maximum atomic E-state index is 14.0. The van der Waals surface area contributed by atoms with E-state index in [1.54, 1.807) is 26.0 Å². The standard InChI is InChI=1S/C20H32FN3O2S/c1-15(2)27(25,26)23-18-7-5-16(6-8-18)14-22-19-11-17(21)12-20(13-19)24-9-3-4-10-24/h11-13,15-16,18,22-23H,3-10,14H2,1-2H3/t16-,18-. The van der Waals surface area contributed by atoms with Gasteiger partial charge in [0.1, 0.15) is 5.82 Å². The van der Waals surface area contributed by atoms with E-state index < -0.39 is 15.3 Å². The molecule has 7 heteroatoms. The Labute approximate surface area is 162 Å². The van der Waals surface area contributed by atoms with Crippen molar-refractivity contribution >= 4 is 21.4 Å². The first kappa shape index (κ1) is 20.4. The summed E-state index contributed by atoms with van der Waals surface area (Å²) in [6.45, 7) is 6.20. The molecule has 2 aliphatic rings. The molecule has 152 valence electrons. The molecule has 0 spiro atoms. The summed E-state index contributed by atoms with van der Waals surface area (Å²) in [7, 11) is -3.20. The van der Waals surface area contributed by atoms with E-state index >= 15 is 0 Å². The van der Waals surface area contributed by atoms with E-state index in [-0.39, 0.29) is 11.9 Å². The predicted molar refractivity (Wildman–Crippen MR) is 109 cm³/mol. The maximum absolute atomic E-state index is 14.0. The Balaban J connectivity index is 1.49. The zero-order valence-corrected chi connectivity index (χ0v) is 17.2. The highest BCUT2D eigenvalue weighted by Crippen LogP contribution is 2.28. The number of benzene rings is 1. The Hall–Kier alpha value is -1.34. The Morgan fingerprint density at radius 2 is 1.78 bits per heavy atom. The van der Waals surface area contributed by atoms with Crippen LogP contribution in [0.1, 0.15) is 52.4 Å². The van der Waals surface area contributed by atoms with Gasteiger partial charge in [-0.15, -0.1) is 0 Å². The van der Waals surface area contributed by atoms with Crippen LogP contribution in [0.2, 0.25) is 0 Å². The average molecular weight is 398 g/mol. The molecule has 0 amide bonds. The largest absolute Gasteiger partial charge is 0.385 e. The van der Waals surface area contributed by atoms with Crippen molar-refractivity contribution in [3.05, 3.63) is 24.0 Å². The van der Waals surface area contributed by atoms with Gasteiger partial charge in [0.2, 0.25) is 10.0 Å². The summed E-state index contributed by atoms with van der Waals surface area (Å²) in [5, 5.41) is 3.00. The molecule has 0 aromatic heterocycles. The molecule has 1 saturated heterocycles. The van der Waals surface area contributed by atoms with Gasteiger partial charge in [0.15, 0.2) is 0 Å². The monoisotopic (exact) mass is 397 g/mol. The van der Waals surface area contributed by atoms with Crippen LogP contribution in [-0.2, 0) is 10.0 Å². The average Bonchev–Trinajstić information content (AvgIpc) is 3.15. The minimum atomic E-state index is -3.20. The number of halogens is 1. The van der Waals surface area contributed by atoms with E-state index in [0.717, 1.165) is 56.7 Å². The third-order valence-electron chi connectivity index (χ3n) is 5.75. The van der Waals surface area contributed by atoms with Crippen molar-refractivity contribution in [2.24, 2.45) is 5.92 Å². The van der Waals surface area contributed by atoms with Crippen molar-refractivity contribution in [3.63, 3.8) is 0 Å². The fourth-order valence-electron chi connectivity index (χ4n) is 3.95. The van der Waals surface area contributed by atoms with Gasteiger partial charge in [0.25, 0.3) is 0 Å². The molecule has 1 heterocycles. The van der Waals surface area contributed by atoms with Gasteiger partial charge in [-0.2, -0.15) is 0 Å².